The van der Waals surface area contributed by atoms with E-state index in [9.17, 15) is 14.7 Å². The summed E-state index contributed by atoms with van der Waals surface area (Å²) in [6.07, 6.45) is 2.53. The third-order valence-electron chi connectivity index (χ3n) is 4.43. The molecule has 1 aliphatic rings. The van der Waals surface area contributed by atoms with Crippen LogP contribution < -0.4 is 15.6 Å². The molecule has 0 saturated heterocycles. The second-order valence-electron chi connectivity index (χ2n) is 6.15. The molecule has 2 aromatic rings. The molecular weight excluding hydrogens is 324 g/mol. The summed E-state index contributed by atoms with van der Waals surface area (Å²) in [7, 11) is 3.03. The molecule has 132 valence electrons. The van der Waals surface area contributed by atoms with Crippen LogP contribution in [0.25, 0.3) is 0 Å². The van der Waals surface area contributed by atoms with E-state index in [0.29, 0.717) is 18.7 Å². The Kier molecular flexibility index (Phi) is 4.80. The zero-order chi connectivity index (χ0) is 18.0. The minimum absolute atomic E-state index is 0.113. The van der Waals surface area contributed by atoms with Gasteiger partial charge in [0, 0.05) is 25.4 Å². The van der Waals surface area contributed by atoms with E-state index in [2.05, 4.69) is 15.4 Å². The van der Waals surface area contributed by atoms with Gasteiger partial charge in [-0.15, -0.1) is 0 Å². The number of hydrogen-bond donors (Lipinski definition) is 2. The summed E-state index contributed by atoms with van der Waals surface area (Å²) < 4.78 is 6.18. The maximum atomic E-state index is 12.5. The molecule has 0 radical (unpaired) electrons. The molecule has 1 atom stereocenters. The average molecular weight is 344 g/mol. The van der Waals surface area contributed by atoms with Crippen LogP contribution in [0.15, 0.2) is 35.3 Å². The van der Waals surface area contributed by atoms with Crippen molar-refractivity contribution >= 4 is 5.91 Å². The Balaban J connectivity index is 1.82. The number of hydrogen-bond acceptors (Lipinski definition) is 6. The third kappa shape index (κ3) is 3.69. The predicted molar refractivity (Wildman–Crippen MR) is 89.2 cm³/mol. The fourth-order valence-corrected chi connectivity index (χ4v) is 2.91. The molecule has 2 heterocycles. The van der Waals surface area contributed by atoms with Gasteiger partial charge in [-0.3, -0.25) is 9.59 Å². The lowest BCUT2D eigenvalue weighted by atomic mass is 9.75. The number of nitrogens with one attached hydrogen (secondary N) is 1. The molecule has 1 fully saturated rings. The summed E-state index contributed by atoms with van der Waals surface area (Å²) in [4.78, 5) is 28.1. The molecule has 0 aromatic carbocycles. The quantitative estimate of drug-likeness (QED) is 0.814. The molecule has 8 heteroatoms. The zero-order valence-electron chi connectivity index (χ0n) is 14.0. The van der Waals surface area contributed by atoms with Gasteiger partial charge in [0.15, 0.2) is 0 Å². The maximum Gasteiger partial charge on any atom is 0.272 e. The minimum atomic E-state index is -0.377. The third-order valence-corrected chi connectivity index (χ3v) is 4.43. The number of methoxy groups -OCH3 is 1. The summed E-state index contributed by atoms with van der Waals surface area (Å²) in [5.41, 5.74) is 0.707. The van der Waals surface area contributed by atoms with Gasteiger partial charge >= 0.3 is 0 Å². The lowest BCUT2D eigenvalue weighted by molar-refractivity contribution is 0.0234. The molecular formula is C17H20N4O4. The number of aryl methyl sites for hydroxylation is 1. The van der Waals surface area contributed by atoms with Gasteiger partial charge in [0.2, 0.25) is 5.88 Å². The van der Waals surface area contributed by atoms with Gasteiger partial charge in [0.1, 0.15) is 5.69 Å². The van der Waals surface area contributed by atoms with Crippen molar-refractivity contribution < 1.29 is 14.6 Å². The molecule has 1 amide bonds. The van der Waals surface area contributed by atoms with Crippen molar-refractivity contribution in [1.82, 2.24) is 20.1 Å². The number of carbonyl (C=O) groups is 1. The first-order valence-electron chi connectivity index (χ1n) is 8.01. The van der Waals surface area contributed by atoms with E-state index in [0.717, 1.165) is 10.2 Å². The van der Waals surface area contributed by atoms with Crippen LogP contribution in [-0.2, 0) is 7.05 Å². The summed E-state index contributed by atoms with van der Waals surface area (Å²) in [5.74, 6) is 0.224. The van der Waals surface area contributed by atoms with Crippen LogP contribution in [0.3, 0.4) is 0 Å². The van der Waals surface area contributed by atoms with Gasteiger partial charge < -0.3 is 15.2 Å². The highest BCUT2D eigenvalue weighted by molar-refractivity contribution is 5.92. The van der Waals surface area contributed by atoms with Crippen LogP contribution in [0, 0.1) is 5.92 Å². The SMILES string of the molecule is COc1ccc(C(NC(=O)c2ccc(=O)n(C)n2)C2CC(O)C2)cn1. The van der Waals surface area contributed by atoms with E-state index in [-0.39, 0.29) is 35.2 Å². The molecule has 2 N–H and O–H groups in total. The number of aliphatic hydroxyl groups is 1. The number of carbonyl (C=O) groups excluding carboxylic acids is 1. The normalized spacial score (nSPS) is 20.4. The van der Waals surface area contributed by atoms with Crippen LogP contribution in [0.2, 0.25) is 0 Å². The van der Waals surface area contributed by atoms with Gasteiger partial charge in [0.05, 0.1) is 19.3 Å². The van der Waals surface area contributed by atoms with Crippen LogP contribution in [0.5, 0.6) is 5.88 Å². The summed E-state index contributed by atoms with van der Waals surface area (Å²) in [6, 6.07) is 5.98. The molecule has 25 heavy (non-hydrogen) atoms. The van der Waals surface area contributed by atoms with Crippen molar-refractivity contribution in [2.45, 2.75) is 25.0 Å². The Morgan fingerprint density at radius 2 is 2.12 bits per heavy atom. The number of ether oxygens (including phenoxy) is 1. The standard InChI is InChI=1S/C17H20N4O4/c1-21-15(23)6-4-13(20-21)17(24)19-16(11-7-12(22)8-11)10-3-5-14(25-2)18-9-10/h3-6,9,11-12,16,22H,7-8H2,1-2H3,(H,19,24). The van der Waals surface area contributed by atoms with Crippen molar-refractivity contribution in [3.63, 3.8) is 0 Å². The Morgan fingerprint density at radius 3 is 2.68 bits per heavy atom. The Bertz CT molecular complexity index is 812. The van der Waals surface area contributed by atoms with Crippen LogP contribution in [0.1, 0.15) is 34.9 Å². The minimum Gasteiger partial charge on any atom is -0.481 e. The first-order valence-corrected chi connectivity index (χ1v) is 8.01. The van der Waals surface area contributed by atoms with Crippen molar-refractivity contribution in [3.8, 4) is 5.88 Å². The maximum absolute atomic E-state index is 12.5. The average Bonchev–Trinajstić information content (AvgIpc) is 2.59. The molecule has 0 aliphatic heterocycles. The van der Waals surface area contributed by atoms with Gasteiger partial charge in [0.25, 0.3) is 11.5 Å². The van der Waals surface area contributed by atoms with E-state index >= 15 is 0 Å². The second kappa shape index (κ2) is 7.02. The summed E-state index contributed by atoms with van der Waals surface area (Å²) in [6.45, 7) is 0. The zero-order valence-corrected chi connectivity index (χ0v) is 14.0. The van der Waals surface area contributed by atoms with Gasteiger partial charge in [-0.2, -0.15) is 5.10 Å². The largest absolute Gasteiger partial charge is 0.481 e. The predicted octanol–water partition coefficient (Wildman–Crippen LogP) is 0.426. The number of pyridine rings is 1. The van der Waals surface area contributed by atoms with Gasteiger partial charge in [-0.25, -0.2) is 9.67 Å². The number of nitrogens with zero attached hydrogens (tertiary/aromatic N) is 3. The molecule has 1 unspecified atom stereocenters. The van der Waals surface area contributed by atoms with Crippen molar-refractivity contribution in [2.75, 3.05) is 7.11 Å². The van der Waals surface area contributed by atoms with Crippen LogP contribution in [-0.4, -0.2) is 39.0 Å². The smallest absolute Gasteiger partial charge is 0.272 e. The monoisotopic (exact) mass is 344 g/mol. The van der Waals surface area contributed by atoms with Crippen molar-refractivity contribution in [2.24, 2.45) is 13.0 Å². The molecule has 8 nitrogen and oxygen atoms in total. The van der Waals surface area contributed by atoms with Gasteiger partial charge in [-0.1, -0.05) is 6.07 Å². The molecule has 0 spiro atoms. The molecule has 1 saturated carbocycles. The number of rotatable bonds is 5. The fraction of sp³-hybridized carbons (Fsp3) is 0.412. The lowest BCUT2D eigenvalue weighted by Crippen LogP contribution is -2.42. The van der Waals surface area contributed by atoms with Crippen LogP contribution in [0.4, 0.5) is 0 Å². The van der Waals surface area contributed by atoms with Crippen LogP contribution >= 0.6 is 0 Å². The lowest BCUT2D eigenvalue weighted by Gasteiger charge is -2.38. The molecule has 0 bridgehead atoms. The van der Waals surface area contributed by atoms with E-state index < -0.39 is 0 Å². The highest BCUT2D eigenvalue weighted by atomic mass is 16.5. The summed E-state index contributed by atoms with van der Waals surface area (Å²) >= 11 is 0. The topological polar surface area (TPSA) is 106 Å². The Hall–Kier alpha value is -2.74. The number of aliphatic hydroxyl groups excluding tert-OH is 1. The number of amides is 1. The van der Waals surface area contributed by atoms with Crippen molar-refractivity contribution in [3.05, 3.63) is 52.1 Å². The van der Waals surface area contributed by atoms with E-state index in [1.54, 1.807) is 12.3 Å². The van der Waals surface area contributed by atoms with E-state index in [1.165, 1.54) is 26.3 Å². The Morgan fingerprint density at radius 1 is 1.36 bits per heavy atom. The molecule has 3 rings (SSSR count). The highest BCUT2D eigenvalue weighted by Crippen LogP contribution is 2.38. The summed E-state index contributed by atoms with van der Waals surface area (Å²) in [5, 5.41) is 16.5. The second-order valence-corrected chi connectivity index (χ2v) is 6.15. The van der Waals surface area contributed by atoms with E-state index in [4.69, 9.17) is 4.74 Å². The first kappa shape index (κ1) is 17.1. The van der Waals surface area contributed by atoms with E-state index in [1.807, 2.05) is 6.07 Å². The van der Waals surface area contributed by atoms with Crippen molar-refractivity contribution in [1.29, 1.82) is 0 Å². The molecule has 2 aromatic heterocycles. The number of aromatic nitrogens is 3. The van der Waals surface area contributed by atoms with Gasteiger partial charge in [-0.05, 0) is 30.4 Å². The first-order chi connectivity index (χ1) is 12.0. The Labute approximate surface area is 144 Å². The highest BCUT2D eigenvalue weighted by Gasteiger charge is 2.36. The molecule has 1 aliphatic carbocycles. The fourth-order valence-electron chi connectivity index (χ4n) is 2.91.